The second-order valence-corrected chi connectivity index (χ2v) is 2.36. The minimum atomic E-state index is -0.980. The lowest BCUT2D eigenvalue weighted by molar-refractivity contribution is 0.0698. The van der Waals surface area contributed by atoms with Gasteiger partial charge in [-0.05, 0) is 18.2 Å². The van der Waals surface area contributed by atoms with Crippen LogP contribution in [0.15, 0.2) is 18.2 Å². The quantitative estimate of drug-likeness (QED) is 0.573. The minimum absolute atomic E-state index is 0.192. The molecule has 0 aliphatic heterocycles. The molecule has 0 saturated carbocycles. The first kappa shape index (κ1) is 8.39. The molecule has 0 atom stereocenters. The summed E-state index contributed by atoms with van der Waals surface area (Å²) in [4.78, 5) is 10.6. The average Bonchev–Trinajstić information content (AvgIpc) is 2.04. The van der Waals surface area contributed by atoms with Gasteiger partial charge in [-0.25, -0.2) is 4.79 Å². The molecule has 0 unspecified atom stereocenters. The van der Waals surface area contributed by atoms with Crippen molar-refractivity contribution >= 4 is 17.3 Å². The van der Waals surface area contributed by atoms with E-state index in [4.69, 9.17) is 10.8 Å². The number of carbonyl (C=O) groups is 1. The predicted octanol–water partition coefficient (Wildman–Crippen LogP) is 1.01. The van der Waals surface area contributed by atoms with E-state index < -0.39 is 5.97 Å². The van der Waals surface area contributed by atoms with Crippen LogP contribution in [0.25, 0.3) is 0 Å². The summed E-state index contributed by atoms with van der Waals surface area (Å²) < 4.78 is 0. The molecule has 0 aliphatic carbocycles. The number of benzene rings is 1. The van der Waals surface area contributed by atoms with Gasteiger partial charge >= 0.3 is 5.97 Å². The number of anilines is 2. The van der Waals surface area contributed by atoms with Gasteiger partial charge in [0.25, 0.3) is 0 Å². The summed E-state index contributed by atoms with van der Waals surface area (Å²) in [6.45, 7) is 0. The third kappa shape index (κ3) is 1.47. The molecule has 0 spiro atoms. The van der Waals surface area contributed by atoms with Crippen LogP contribution in [0.2, 0.25) is 0 Å². The van der Waals surface area contributed by atoms with Gasteiger partial charge in [0.2, 0.25) is 0 Å². The average molecular weight is 166 g/mol. The maximum Gasteiger partial charge on any atom is 0.337 e. The Hall–Kier alpha value is -1.71. The van der Waals surface area contributed by atoms with Gasteiger partial charge in [0, 0.05) is 18.4 Å². The van der Waals surface area contributed by atoms with Crippen LogP contribution in [-0.2, 0) is 0 Å². The summed E-state index contributed by atoms with van der Waals surface area (Å²) >= 11 is 0. The van der Waals surface area contributed by atoms with Crippen LogP contribution in [0.3, 0.4) is 0 Å². The fraction of sp³-hybridized carbons (Fsp3) is 0.125. The van der Waals surface area contributed by atoms with E-state index in [0.29, 0.717) is 11.4 Å². The minimum Gasteiger partial charge on any atom is -0.478 e. The van der Waals surface area contributed by atoms with Gasteiger partial charge in [-0.2, -0.15) is 0 Å². The molecule has 0 aliphatic rings. The van der Waals surface area contributed by atoms with Gasteiger partial charge in [-0.3, -0.25) is 0 Å². The van der Waals surface area contributed by atoms with Crippen molar-refractivity contribution in [3.8, 4) is 0 Å². The zero-order chi connectivity index (χ0) is 9.14. The molecule has 4 nitrogen and oxygen atoms in total. The lowest BCUT2D eigenvalue weighted by atomic mass is 10.1. The Morgan fingerprint density at radius 2 is 2.25 bits per heavy atom. The van der Waals surface area contributed by atoms with Crippen molar-refractivity contribution in [1.82, 2.24) is 0 Å². The van der Waals surface area contributed by atoms with E-state index in [1.807, 2.05) is 0 Å². The summed E-state index contributed by atoms with van der Waals surface area (Å²) in [5.41, 5.74) is 6.64. The topological polar surface area (TPSA) is 75.3 Å². The SMILES string of the molecule is CNc1ccc(N)cc1C(=O)O. The third-order valence-corrected chi connectivity index (χ3v) is 1.54. The highest BCUT2D eigenvalue weighted by atomic mass is 16.4. The molecule has 0 fully saturated rings. The van der Waals surface area contributed by atoms with Crippen molar-refractivity contribution < 1.29 is 9.90 Å². The van der Waals surface area contributed by atoms with E-state index in [2.05, 4.69) is 5.32 Å². The molecule has 0 heterocycles. The van der Waals surface area contributed by atoms with Gasteiger partial charge < -0.3 is 16.2 Å². The molecule has 4 heteroatoms. The number of nitrogens with two attached hydrogens (primary N) is 1. The Bertz CT molecular complexity index is 310. The smallest absolute Gasteiger partial charge is 0.337 e. The van der Waals surface area contributed by atoms with Gasteiger partial charge in [-0.15, -0.1) is 0 Å². The first-order chi connectivity index (χ1) is 5.65. The summed E-state index contributed by atoms with van der Waals surface area (Å²) in [6.07, 6.45) is 0. The highest BCUT2D eigenvalue weighted by molar-refractivity contribution is 5.95. The molecule has 0 aromatic heterocycles. The molecule has 0 radical (unpaired) electrons. The summed E-state index contributed by atoms with van der Waals surface area (Å²) in [6, 6.07) is 4.71. The van der Waals surface area contributed by atoms with Crippen LogP contribution in [0.5, 0.6) is 0 Å². The maximum absolute atomic E-state index is 10.6. The third-order valence-electron chi connectivity index (χ3n) is 1.54. The fourth-order valence-electron chi connectivity index (χ4n) is 0.957. The first-order valence-corrected chi connectivity index (χ1v) is 3.45. The molecule has 1 aromatic rings. The lowest BCUT2D eigenvalue weighted by Crippen LogP contribution is -2.03. The Kier molecular flexibility index (Phi) is 2.19. The highest BCUT2D eigenvalue weighted by Gasteiger charge is 2.08. The second-order valence-electron chi connectivity index (χ2n) is 2.36. The summed E-state index contributed by atoms with van der Waals surface area (Å²) in [5.74, 6) is -0.980. The second kappa shape index (κ2) is 3.13. The van der Waals surface area contributed by atoms with Crippen LogP contribution < -0.4 is 11.1 Å². The Morgan fingerprint density at radius 1 is 1.58 bits per heavy atom. The molecular weight excluding hydrogens is 156 g/mol. The standard InChI is InChI=1S/C8H10N2O2/c1-10-7-3-2-5(9)4-6(7)8(11)12/h2-4,10H,9H2,1H3,(H,11,12). The lowest BCUT2D eigenvalue weighted by Gasteiger charge is -2.05. The van der Waals surface area contributed by atoms with Crippen molar-refractivity contribution in [2.75, 3.05) is 18.1 Å². The molecular formula is C8H10N2O2. The van der Waals surface area contributed by atoms with Crippen LogP contribution in [0.1, 0.15) is 10.4 Å². The van der Waals surface area contributed by atoms with Crippen molar-refractivity contribution in [3.63, 3.8) is 0 Å². The highest BCUT2D eigenvalue weighted by Crippen LogP contribution is 2.17. The molecule has 0 amide bonds. The van der Waals surface area contributed by atoms with E-state index in [0.717, 1.165) is 0 Å². The van der Waals surface area contributed by atoms with E-state index in [1.165, 1.54) is 6.07 Å². The van der Waals surface area contributed by atoms with Gasteiger partial charge in [0.15, 0.2) is 0 Å². The number of hydrogen-bond donors (Lipinski definition) is 3. The van der Waals surface area contributed by atoms with Crippen LogP contribution >= 0.6 is 0 Å². The zero-order valence-corrected chi connectivity index (χ0v) is 6.66. The molecule has 4 N–H and O–H groups in total. The zero-order valence-electron chi connectivity index (χ0n) is 6.66. The molecule has 12 heavy (non-hydrogen) atoms. The van der Waals surface area contributed by atoms with E-state index in [-0.39, 0.29) is 5.56 Å². The number of aromatic carboxylic acids is 1. The molecule has 1 aromatic carbocycles. The number of nitrogen functional groups attached to an aromatic ring is 1. The first-order valence-electron chi connectivity index (χ1n) is 3.45. The van der Waals surface area contributed by atoms with Crippen LogP contribution in [-0.4, -0.2) is 18.1 Å². The van der Waals surface area contributed by atoms with E-state index in [9.17, 15) is 4.79 Å². The van der Waals surface area contributed by atoms with Crippen molar-refractivity contribution in [2.24, 2.45) is 0 Å². The van der Waals surface area contributed by atoms with Gasteiger partial charge in [0.05, 0.1) is 5.56 Å². The Morgan fingerprint density at radius 3 is 2.75 bits per heavy atom. The monoisotopic (exact) mass is 166 g/mol. The van der Waals surface area contributed by atoms with Crippen LogP contribution in [0.4, 0.5) is 11.4 Å². The van der Waals surface area contributed by atoms with Crippen molar-refractivity contribution in [2.45, 2.75) is 0 Å². The maximum atomic E-state index is 10.6. The van der Waals surface area contributed by atoms with Crippen molar-refractivity contribution in [1.29, 1.82) is 0 Å². The number of carboxylic acid groups (broad SMARTS) is 1. The van der Waals surface area contributed by atoms with E-state index >= 15 is 0 Å². The van der Waals surface area contributed by atoms with Crippen molar-refractivity contribution in [3.05, 3.63) is 23.8 Å². The van der Waals surface area contributed by atoms with Crippen LogP contribution in [0, 0.1) is 0 Å². The molecule has 64 valence electrons. The molecule has 0 bridgehead atoms. The largest absolute Gasteiger partial charge is 0.478 e. The number of hydrogen-bond acceptors (Lipinski definition) is 3. The Balaban J connectivity index is 3.21. The normalized spacial score (nSPS) is 9.42. The summed E-state index contributed by atoms with van der Waals surface area (Å²) in [5, 5.41) is 11.5. The summed E-state index contributed by atoms with van der Waals surface area (Å²) in [7, 11) is 1.66. The number of carboxylic acids is 1. The van der Waals surface area contributed by atoms with Gasteiger partial charge in [0.1, 0.15) is 0 Å². The van der Waals surface area contributed by atoms with E-state index in [1.54, 1.807) is 19.2 Å². The number of nitrogens with one attached hydrogen (secondary N) is 1. The van der Waals surface area contributed by atoms with Gasteiger partial charge in [-0.1, -0.05) is 0 Å². The predicted molar refractivity (Wildman–Crippen MR) is 47.4 cm³/mol. The fourth-order valence-corrected chi connectivity index (χ4v) is 0.957. The number of rotatable bonds is 2. The Labute approximate surface area is 70.0 Å². The molecule has 1 rings (SSSR count). The molecule has 0 saturated heterocycles.